The van der Waals surface area contributed by atoms with Gasteiger partial charge in [-0.2, -0.15) is 0 Å². The lowest BCUT2D eigenvalue weighted by Gasteiger charge is -2.41. The number of cyclic esters (lactones) is 1. The normalized spacial score (nSPS) is 24.9. The zero-order valence-electron chi connectivity index (χ0n) is 16.4. The standard InChI is InChI=1S/C21H29NO5S/c1-15(14-28(22,25)26)17-8-6-16(7-9-17)10-11-21(18-4-2-3-5-18)13-19(23)12-20(24)27-21/h6-9,15,18H,2-5,10-14H2,1H3,(H2,22,25,26). The summed E-state index contributed by atoms with van der Waals surface area (Å²) in [6.07, 6.45) is 5.82. The summed E-state index contributed by atoms with van der Waals surface area (Å²) in [7, 11) is -3.51. The SMILES string of the molecule is CC(CS(N)(=O)=O)c1ccc(CCC2(C3CCCC3)CC(=O)CC(=O)O2)cc1. The van der Waals surface area contributed by atoms with E-state index in [9.17, 15) is 18.0 Å². The van der Waals surface area contributed by atoms with Crippen LogP contribution in [0, 0.1) is 5.92 Å². The van der Waals surface area contributed by atoms with Crippen molar-refractivity contribution in [1.82, 2.24) is 0 Å². The van der Waals surface area contributed by atoms with E-state index in [1.807, 2.05) is 31.2 Å². The number of ketones is 1. The molecular formula is C21H29NO5S. The van der Waals surface area contributed by atoms with Gasteiger partial charge >= 0.3 is 5.97 Å². The van der Waals surface area contributed by atoms with Crippen molar-refractivity contribution >= 4 is 21.8 Å². The molecule has 1 saturated heterocycles. The molecule has 0 amide bonds. The Balaban J connectivity index is 1.69. The first-order valence-corrected chi connectivity index (χ1v) is 11.7. The summed E-state index contributed by atoms with van der Waals surface area (Å²) in [5.41, 5.74) is 1.34. The molecule has 2 unspecified atom stereocenters. The molecule has 6 nitrogen and oxygen atoms in total. The highest BCUT2D eigenvalue weighted by Crippen LogP contribution is 2.43. The summed E-state index contributed by atoms with van der Waals surface area (Å²) in [6, 6.07) is 7.80. The highest BCUT2D eigenvalue weighted by molar-refractivity contribution is 7.89. The molecule has 1 aliphatic heterocycles. The van der Waals surface area contributed by atoms with Crippen molar-refractivity contribution in [1.29, 1.82) is 0 Å². The lowest BCUT2D eigenvalue weighted by molar-refractivity contribution is -0.178. The minimum Gasteiger partial charge on any atom is -0.458 e. The molecule has 0 radical (unpaired) electrons. The Kier molecular flexibility index (Phi) is 6.25. The highest BCUT2D eigenvalue weighted by atomic mass is 32.2. The van der Waals surface area contributed by atoms with Crippen LogP contribution in [-0.2, 0) is 30.8 Å². The Morgan fingerprint density at radius 3 is 2.39 bits per heavy atom. The fourth-order valence-corrected chi connectivity index (χ4v) is 5.58. The van der Waals surface area contributed by atoms with Crippen LogP contribution in [0.1, 0.15) is 68.9 Å². The van der Waals surface area contributed by atoms with E-state index in [0.29, 0.717) is 19.3 Å². The third-order valence-corrected chi connectivity index (χ3v) is 7.09. The number of sulfonamides is 1. The van der Waals surface area contributed by atoms with Gasteiger partial charge in [0.25, 0.3) is 0 Å². The van der Waals surface area contributed by atoms with Crippen LogP contribution >= 0.6 is 0 Å². The monoisotopic (exact) mass is 407 g/mol. The van der Waals surface area contributed by atoms with Crippen LogP contribution in [0.15, 0.2) is 24.3 Å². The van der Waals surface area contributed by atoms with Crippen LogP contribution in [0.5, 0.6) is 0 Å². The van der Waals surface area contributed by atoms with Crippen LogP contribution in [0.25, 0.3) is 0 Å². The maximum absolute atomic E-state index is 12.1. The van der Waals surface area contributed by atoms with Gasteiger partial charge in [-0.3, -0.25) is 9.59 Å². The van der Waals surface area contributed by atoms with Gasteiger partial charge in [0.1, 0.15) is 17.8 Å². The zero-order valence-corrected chi connectivity index (χ0v) is 17.2. The van der Waals surface area contributed by atoms with Crippen LogP contribution in [0.4, 0.5) is 0 Å². The molecule has 28 heavy (non-hydrogen) atoms. The Morgan fingerprint density at radius 1 is 1.18 bits per heavy atom. The van der Waals surface area contributed by atoms with E-state index in [2.05, 4.69) is 0 Å². The van der Waals surface area contributed by atoms with Crippen molar-refractivity contribution in [3.05, 3.63) is 35.4 Å². The van der Waals surface area contributed by atoms with E-state index in [0.717, 1.165) is 36.8 Å². The number of esters is 1. The fraction of sp³-hybridized carbons (Fsp3) is 0.619. The average Bonchev–Trinajstić information content (AvgIpc) is 3.13. The number of benzene rings is 1. The quantitative estimate of drug-likeness (QED) is 0.553. The maximum Gasteiger partial charge on any atom is 0.313 e. The minimum atomic E-state index is -3.51. The van der Waals surface area contributed by atoms with Crippen LogP contribution in [0.3, 0.4) is 0 Å². The number of Topliss-reactive ketones (excluding diaryl/α,β-unsaturated/α-hetero) is 1. The molecule has 1 aromatic rings. The van der Waals surface area contributed by atoms with Gasteiger partial charge in [0.05, 0.1) is 5.75 Å². The second kappa shape index (κ2) is 8.33. The summed E-state index contributed by atoms with van der Waals surface area (Å²) in [4.78, 5) is 24.1. The van der Waals surface area contributed by atoms with Crippen molar-refractivity contribution < 1.29 is 22.7 Å². The number of carbonyl (C=O) groups is 2. The molecule has 0 bridgehead atoms. The first kappa shape index (κ1) is 21.0. The predicted octanol–water partition coefficient (Wildman–Crippen LogP) is 2.85. The van der Waals surface area contributed by atoms with Gasteiger partial charge in [-0.1, -0.05) is 44.0 Å². The predicted molar refractivity (Wildman–Crippen MR) is 106 cm³/mol. The third-order valence-electron chi connectivity index (χ3n) is 6.12. The lowest BCUT2D eigenvalue weighted by Crippen LogP contribution is -2.48. The summed E-state index contributed by atoms with van der Waals surface area (Å²) < 4.78 is 28.4. The van der Waals surface area contributed by atoms with E-state index in [4.69, 9.17) is 9.88 Å². The topological polar surface area (TPSA) is 104 Å². The van der Waals surface area contributed by atoms with Crippen molar-refractivity contribution in [2.45, 2.75) is 69.8 Å². The molecule has 2 N–H and O–H groups in total. The highest BCUT2D eigenvalue weighted by Gasteiger charge is 2.47. The lowest BCUT2D eigenvalue weighted by atomic mass is 9.76. The van der Waals surface area contributed by atoms with Crippen LogP contribution in [-0.4, -0.2) is 31.5 Å². The van der Waals surface area contributed by atoms with Gasteiger partial charge in [-0.05, 0) is 48.6 Å². The zero-order chi connectivity index (χ0) is 20.4. The molecule has 2 atom stereocenters. The van der Waals surface area contributed by atoms with Crippen LogP contribution < -0.4 is 5.14 Å². The van der Waals surface area contributed by atoms with Gasteiger partial charge in [0.2, 0.25) is 10.0 Å². The van der Waals surface area contributed by atoms with E-state index in [1.54, 1.807) is 0 Å². The van der Waals surface area contributed by atoms with Crippen molar-refractivity contribution in [3.63, 3.8) is 0 Å². The average molecular weight is 408 g/mol. The number of carbonyl (C=O) groups excluding carboxylic acids is 2. The van der Waals surface area contributed by atoms with E-state index in [-0.39, 0.29) is 29.8 Å². The molecule has 7 heteroatoms. The number of aryl methyl sites for hydroxylation is 1. The molecule has 1 aromatic carbocycles. The maximum atomic E-state index is 12.1. The molecule has 1 saturated carbocycles. The minimum absolute atomic E-state index is 0.0182. The van der Waals surface area contributed by atoms with Gasteiger partial charge < -0.3 is 4.74 Å². The molecule has 0 aromatic heterocycles. The van der Waals surface area contributed by atoms with Crippen molar-refractivity contribution in [2.75, 3.05) is 5.75 Å². The third kappa shape index (κ3) is 5.20. The summed E-state index contributed by atoms with van der Waals surface area (Å²) in [5.74, 6) is -0.416. The Labute approximate surface area is 166 Å². The summed E-state index contributed by atoms with van der Waals surface area (Å²) in [6.45, 7) is 1.83. The molecule has 1 aliphatic carbocycles. The smallest absolute Gasteiger partial charge is 0.313 e. The van der Waals surface area contributed by atoms with E-state index < -0.39 is 21.6 Å². The number of primary sulfonamides is 1. The molecule has 2 aliphatic rings. The fourth-order valence-electron chi connectivity index (χ4n) is 4.69. The Morgan fingerprint density at radius 2 is 1.82 bits per heavy atom. The first-order valence-electron chi connectivity index (χ1n) is 10.00. The Bertz CT molecular complexity index is 809. The number of ether oxygens (including phenoxy) is 1. The van der Waals surface area contributed by atoms with E-state index >= 15 is 0 Å². The van der Waals surface area contributed by atoms with Gasteiger partial charge in [0, 0.05) is 6.42 Å². The van der Waals surface area contributed by atoms with E-state index in [1.165, 1.54) is 0 Å². The first-order chi connectivity index (χ1) is 13.2. The molecule has 2 fully saturated rings. The summed E-state index contributed by atoms with van der Waals surface area (Å²) >= 11 is 0. The summed E-state index contributed by atoms with van der Waals surface area (Å²) in [5, 5.41) is 5.13. The Hall–Kier alpha value is -1.73. The number of nitrogens with two attached hydrogens (primary N) is 1. The van der Waals surface area contributed by atoms with Gasteiger partial charge in [-0.25, -0.2) is 13.6 Å². The molecule has 154 valence electrons. The number of hydrogen-bond donors (Lipinski definition) is 1. The number of hydrogen-bond acceptors (Lipinski definition) is 5. The molecular weight excluding hydrogens is 378 g/mol. The second-order valence-electron chi connectivity index (χ2n) is 8.38. The van der Waals surface area contributed by atoms with Crippen molar-refractivity contribution in [3.8, 4) is 0 Å². The number of rotatable bonds is 7. The van der Waals surface area contributed by atoms with Gasteiger partial charge in [0.15, 0.2) is 0 Å². The molecule has 0 spiro atoms. The largest absolute Gasteiger partial charge is 0.458 e. The van der Waals surface area contributed by atoms with Crippen LogP contribution in [0.2, 0.25) is 0 Å². The van der Waals surface area contributed by atoms with Gasteiger partial charge in [-0.15, -0.1) is 0 Å². The second-order valence-corrected chi connectivity index (χ2v) is 10.0. The van der Waals surface area contributed by atoms with Crippen molar-refractivity contribution in [2.24, 2.45) is 11.1 Å². The molecule has 1 heterocycles. The molecule has 3 rings (SSSR count).